The molecule has 0 aliphatic carbocycles. The second kappa shape index (κ2) is 6.87. The maximum atomic E-state index is 11.9. The third kappa shape index (κ3) is 3.13. The van der Waals surface area contributed by atoms with Gasteiger partial charge in [0.05, 0.1) is 11.6 Å². The Morgan fingerprint density at radius 1 is 1.30 bits per heavy atom. The number of aromatic nitrogens is 1. The molecule has 1 aromatic carbocycles. The van der Waals surface area contributed by atoms with Gasteiger partial charge in [0.25, 0.3) is 5.56 Å². The number of nitrogens with two attached hydrogens (primary N) is 1. The zero-order valence-electron chi connectivity index (χ0n) is 12.3. The molecule has 7 heteroatoms. The van der Waals surface area contributed by atoms with Crippen molar-refractivity contribution in [3.63, 3.8) is 0 Å². The molecule has 0 fully saturated rings. The van der Waals surface area contributed by atoms with Crippen LogP contribution in [0, 0.1) is 22.7 Å². The number of pyridine rings is 1. The lowest BCUT2D eigenvalue weighted by molar-refractivity contribution is 0.317. The standard InChI is InChI=1S/C16H13ClN4O2/c1-2-5-23-13-4-3-9(6-12(13)17)14-10(7-18)15(20)21-16(22)11(14)8-19/h3-4,6H,2,5H2,1H3,(H3,20,21,22). The van der Waals surface area contributed by atoms with E-state index < -0.39 is 5.56 Å². The van der Waals surface area contributed by atoms with Gasteiger partial charge in [-0.05, 0) is 24.1 Å². The smallest absolute Gasteiger partial charge is 0.268 e. The molecular weight excluding hydrogens is 316 g/mol. The Labute approximate surface area is 137 Å². The minimum atomic E-state index is -0.651. The highest BCUT2D eigenvalue weighted by atomic mass is 35.5. The molecule has 0 atom stereocenters. The van der Waals surface area contributed by atoms with Crippen LogP contribution in [0.1, 0.15) is 24.5 Å². The van der Waals surface area contributed by atoms with Crippen LogP contribution in [-0.4, -0.2) is 11.6 Å². The van der Waals surface area contributed by atoms with E-state index >= 15 is 0 Å². The summed E-state index contributed by atoms with van der Waals surface area (Å²) in [5.74, 6) is 0.404. The average Bonchev–Trinajstić information content (AvgIpc) is 2.53. The highest BCUT2D eigenvalue weighted by Crippen LogP contribution is 2.34. The normalized spacial score (nSPS) is 9.91. The number of hydrogen-bond donors (Lipinski definition) is 2. The summed E-state index contributed by atoms with van der Waals surface area (Å²) in [5.41, 5.74) is 5.49. The second-order valence-electron chi connectivity index (χ2n) is 4.71. The summed E-state index contributed by atoms with van der Waals surface area (Å²) in [5, 5.41) is 18.8. The van der Waals surface area contributed by atoms with Crippen molar-refractivity contribution in [2.45, 2.75) is 13.3 Å². The zero-order chi connectivity index (χ0) is 17.0. The summed E-state index contributed by atoms with van der Waals surface area (Å²) >= 11 is 6.18. The van der Waals surface area contributed by atoms with Crippen molar-refractivity contribution in [2.24, 2.45) is 0 Å². The Balaban J connectivity index is 2.68. The fourth-order valence-corrected chi connectivity index (χ4v) is 2.35. The van der Waals surface area contributed by atoms with Crippen LogP contribution >= 0.6 is 11.6 Å². The fraction of sp³-hybridized carbons (Fsp3) is 0.188. The van der Waals surface area contributed by atoms with Gasteiger partial charge in [0, 0.05) is 5.56 Å². The minimum absolute atomic E-state index is 0.0273. The number of H-pyrrole nitrogens is 1. The van der Waals surface area contributed by atoms with E-state index in [2.05, 4.69) is 4.98 Å². The van der Waals surface area contributed by atoms with Crippen LogP contribution < -0.4 is 16.0 Å². The highest BCUT2D eigenvalue weighted by molar-refractivity contribution is 6.32. The molecule has 2 rings (SSSR count). The van der Waals surface area contributed by atoms with Crippen molar-refractivity contribution < 1.29 is 4.74 Å². The van der Waals surface area contributed by atoms with E-state index in [1.807, 2.05) is 19.1 Å². The summed E-state index contributed by atoms with van der Waals surface area (Å²) in [7, 11) is 0. The highest BCUT2D eigenvalue weighted by Gasteiger charge is 2.19. The van der Waals surface area contributed by atoms with Crippen LogP contribution in [0.15, 0.2) is 23.0 Å². The second-order valence-corrected chi connectivity index (χ2v) is 5.12. The number of nitriles is 2. The molecule has 0 bridgehead atoms. The number of nitrogens with zero attached hydrogens (tertiary/aromatic N) is 2. The molecule has 0 amide bonds. The maximum absolute atomic E-state index is 11.9. The first-order valence-corrected chi connectivity index (χ1v) is 7.19. The average molecular weight is 329 g/mol. The van der Waals surface area contributed by atoms with E-state index in [4.69, 9.17) is 22.1 Å². The number of halogens is 1. The van der Waals surface area contributed by atoms with Crippen LogP contribution in [-0.2, 0) is 0 Å². The van der Waals surface area contributed by atoms with Crippen molar-refractivity contribution in [1.82, 2.24) is 4.98 Å². The molecule has 0 spiro atoms. The van der Waals surface area contributed by atoms with Gasteiger partial charge < -0.3 is 15.5 Å². The number of aromatic amines is 1. The summed E-state index contributed by atoms with van der Waals surface area (Å²) in [6.45, 7) is 2.49. The first-order chi connectivity index (χ1) is 11.0. The van der Waals surface area contributed by atoms with Crippen molar-refractivity contribution in [2.75, 3.05) is 12.3 Å². The van der Waals surface area contributed by atoms with Gasteiger partial charge in [0.15, 0.2) is 0 Å². The monoisotopic (exact) mass is 328 g/mol. The molecule has 6 nitrogen and oxygen atoms in total. The number of anilines is 1. The third-order valence-corrected chi connectivity index (χ3v) is 3.45. The van der Waals surface area contributed by atoms with Crippen molar-refractivity contribution in [3.8, 4) is 29.0 Å². The van der Waals surface area contributed by atoms with Gasteiger partial charge in [-0.2, -0.15) is 10.5 Å². The van der Waals surface area contributed by atoms with Gasteiger partial charge in [-0.1, -0.05) is 24.6 Å². The molecule has 0 radical (unpaired) electrons. The number of nitrogen functional groups attached to an aromatic ring is 1. The molecule has 0 saturated carbocycles. The van der Waals surface area contributed by atoms with E-state index in [-0.39, 0.29) is 22.5 Å². The predicted molar refractivity (Wildman–Crippen MR) is 87.1 cm³/mol. The predicted octanol–water partition coefficient (Wildman–Crippen LogP) is 2.81. The van der Waals surface area contributed by atoms with Crippen LogP contribution in [0.4, 0.5) is 5.82 Å². The number of benzene rings is 1. The van der Waals surface area contributed by atoms with E-state index in [0.717, 1.165) is 6.42 Å². The van der Waals surface area contributed by atoms with E-state index in [1.165, 1.54) is 0 Å². The fourth-order valence-electron chi connectivity index (χ4n) is 2.12. The summed E-state index contributed by atoms with van der Waals surface area (Å²) in [6.07, 6.45) is 0.833. The summed E-state index contributed by atoms with van der Waals surface area (Å²) < 4.78 is 5.48. The molecule has 0 aliphatic heterocycles. The van der Waals surface area contributed by atoms with Gasteiger partial charge >= 0.3 is 0 Å². The lowest BCUT2D eigenvalue weighted by atomic mass is 9.96. The number of nitrogens with one attached hydrogen (secondary N) is 1. The van der Waals surface area contributed by atoms with E-state index in [9.17, 15) is 15.3 Å². The van der Waals surface area contributed by atoms with Gasteiger partial charge in [-0.25, -0.2) is 0 Å². The Morgan fingerprint density at radius 3 is 2.57 bits per heavy atom. The molecule has 116 valence electrons. The molecule has 0 unspecified atom stereocenters. The van der Waals surface area contributed by atoms with Crippen LogP contribution in [0.3, 0.4) is 0 Å². The molecule has 3 N–H and O–H groups in total. The van der Waals surface area contributed by atoms with Crippen molar-refractivity contribution in [3.05, 3.63) is 44.7 Å². The molecule has 1 heterocycles. The van der Waals surface area contributed by atoms with Crippen LogP contribution in [0.2, 0.25) is 5.02 Å². The topological polar surface area (TPSA) is 116 Å². The van der Waals surface area contributed by atoms with Crippen molar-refractivity contribution in [1.29, 1.82) is 10.5 Å². The van der Waals surface area contributed by atoms with Gasteiger partial charge in [-0.15, -0.1) is 0 Å². The third-order valence-electron chi connectivity index (χ3n) is 3.15. The number of hydrogen-bond acceptors (Lipinski definition) is 5. The first-order valence-electron chi connectivity index (χ1n) is 6.82. The number of ether oxygens (including phenoxy) is 1. The molecular formula is C16H13ClN4O2. The Morgan fingerprint density at radius 2 is 2.00 bits per heavy atom. The van der Waals surface area contributed by atoms with E-state index in [1.54, 1.807) is 18.2 Å². The molecule has 0 aliphatic rings. The van der Waals surface area contributed by atoms with Gasteiger partial charge in [-0.3, -0.25) is 4.79 Å². The van der Waals surface area contributed by atoms with Crippen LogP contribution in [0.5, 0.6) is 5.75 Å². The van der Waals surface area contributed by atoms with Crippen LogP contribution in [0.25, 0.3) is 11.1 Å². The van der Waals surface area contributed by atoms with Crippen molar-refractivity contribution >= 4 is 17.4 Å². The first kappa shape index (κ1) is 16.4. The quantitative estimate of drug-likeness (QED) is 0.895. The maximum Gasteiger partial charge on any atom is 0.268 e. The minimum Gasteiger partial charge on any atom is -0.492 e. The molecule has 2 aromatic rings. The number of rotatable bonds is 4. The van der Waals surface area contributed by atoms with Gasteiger partial charge in [0.2, 0.25) is 0 Å². The van der Waals surface area contributed by atoms with E-state index in [0.29, 0.717) is 22.9 Å². The molecule has 1 aromatic heterocycles. The lowest BCUT2D eigenvalue weighted by Gasteiger charge is -2.11. The SMILES string of the molecule is CCCOc1ccc(-c2c(C#N)c(N)[nH]c(=O)c2C#N)cc1Cl. The Bertz CT molecular complexity index is 891. The molecule has 23 heavy (non-hydrogen) atoms. The zero-order valence-corrected chi connectivity index (χ0v) is 13.1. The largest absolute Gasteiger partial charge is 0.492 e. The summed E-state index contributed by atoms with van der Waals surface area (Å²) in [6, 6.07) is 8.53. The molecule has 0 saturated heterocycles. The summed E-state index contributed by atoms with van der Waals surface area (Å²) in [4.78, 5) is 14.2. The Hall–Kier alpha value is -2.96. The Kier molecular flexibility index (Phi) is 4.90. The lowest BCUT2D eigenvalue weighted by Crippen LogP contribution is -2.16. The van der Waals surface area contributed by atoms with Gasteiger partial charge in [0.1, 0.15) is 34.8 Å².